The van der Waals surface area contributed by atoms with Gasteiger partial charge in [-0.3, -0.25) is 9.97 Å². The van der Waals surface area contributed by atoms with Crippen LogP contribution in [-0.2, 0) is 0 Å². The van der Waals surface area contributed by atoms with Crippen molar-refractivity contribution in [2.75, 3.05) is 19.0 Å². The van der Waals surface area contributed by atoms with Gasteiger partial charge in [0.2, 0.25) is 0 Å². The molecule has 88 valence electrons. The van der Waals surface area contributed by atoms with Crippen LogP contribution >= 0.6 is 0 Å². The molecule has 0 fully saturated rings. The number of anilines is 1. The van der Waals surface area contributed by atoms with Crippen LogP contribution < -0.4 is 4.90 Å². The molecule has 0 saturated heterocycles. The number of rotatable bonds is 3. The van der Waals surface area contributed by atoms with Crippen LogP contribution in [0, 0.1) is 0 Å². The number of aromatic nitrogens is 2. The summed E-state index contributed by atoms with van der Waals surface area (Å²) >= 11 is 0. The summed E-state index contributed by atoms with van der Waals surface area (Å²) in [5.74, 6) is 0. The van der Waals surface area contributed by atoms with E-state index in [0.717, 1.165) is 11.3 Å². The summed E-state index contributed by atoms with van der Waals surface area (Å²) in [6.45, 7) is 0. The van der Waals surface area contributed by atoms with Gasteiger partial charge in [0, 0.05) is 32.2 Å². The summed E-state index contributed by atoms with van der Waals surface area (Å²) in [6, 6.07) is 7.73. The van der Waals surface area contributed by atoms with E-state index in [0.29, 0.717) is 5.69 Å². The average Bonchev–Trinajstić information content (AvgIpc) is 2.39. The Morgan fingerprint density at radius 2 is 1.82 bits per heavy atom. The molecule has 4 nitrogen and oxygen atoms in total. The zero-order valence-electron chi connectivity index (χ0n) is 9.91. The predicted octanol–water partition coefficient (Wildman–Crippen LogP) is 1.62. The van der Waals surface area contributed by atoms with Crippen molar-refractivity contribution in [3.63, 3.8) is 0 Å². The zero-order chi connectivity index (χ0) is 12.3. The van der Waals surface area contributed by atoms with E-state index >= 15 is 0 Å². The van der Waals surface area contributed by atoms with Gasteiger partial charge in [0.1, 0.15) is 6.10 Å². The van der Waals surface area contributed by atoms with Gasteiger partial charge in [0.25, 0.3) is 0 Å². The molecule has 0 spiro atoms. The lowest BCUT2D eigenvalue weighted by atomic mass is 10.1. The highest BCUT2D eigenvalue weighted by Gasteiger charge is 2.11. The second kappa shape index (κ2) is 4.93. The van der Waals surface area contributed by atoms with E-state index < -0.39 is 6.10 Å². The van der Waals surface area contributed by atoms with Crippen LogP contribution in [0.4, 0.5) is 5.69 Å². The highest BCUT2D eigenvalue weighted by Crippen LogP contribution is 2.21. The van der Waals surface area contributed by atoms with E-state index in [1.807, 2.05) is 43.3 Å². The summed E-state index contributed by atoms with van der Waals surface area (Å²) in [4.78, 5) is 10.0. The molecule has 0 aliphatic heterocycles. The molecule has 0 aliphatic rings. The van der Waals surface area contributed by atoms with Crippen molar-refractivity contribution >= 4 is 5.69 Å². The van der Waals surface area contributed by atoms with Crippen molar-refractivity contribution in [1.29, 1.82) is 0 Å². The van der Waals surface area contributed by atoms with Crippen LogP contribution in [0.1, 0.15) is 17.4 Å². The van der Waals surface area contributed by atoms with Crippen molar-refractivity contribution in [2.45, 2.75) is 6.10 Å². The molecule has 17 heavy (non-hydrogen) atoms. The summed E-state index contributed by atoms with van der Waals surface area (Å²) < 4.78 is 0. The molecule has 1 aromatic carbocycles. The van der Waals surface area contributed by atoms with Crippen molar-refractivity contribution in [3.8, 4) is 0 Å². The minimum absolute atomic E-state index is 0.560. The summed E-state index contributed by atoms with van der Waals surface area (Å²) in [5.41, 5.74) is 2.47. The summed E-state index contributed by atoms with van der Waals surface area (Å²) in [5, 5.41) is 10.1. The first-order valence-electron chi connectivity index (χ1n) is 5.40. The maximum atomic E-state index is 10.1. The lowest BCUT2D eigenvalue weighted by Gasteiger charge is -2.14. The SMILES string of the molecule is CN(C)c1ccc([C@H](O)c2cnccn2)cc1. The molecule has 0 radical (unpaired) electrons. The van der Waals surface area contributed by atoms with Gasteiger partial charge in [0.15, 0.2) is 0 Å². The van der Waals surface area contributed by atoms with Gasteiger partial charge in [-0.2, -0.15) is 0 Å². The van der Waals surface area contributed by atoms with E-state index in [1.54, 1.807) is 18.6 Å². The van der Waals surface area contributed by atoms with Crippen LogP contribution in [-0.4, -0.2) is 29.2 Å². The molecule has 1 aromatic heterocycles. The van der Waals surface area contributed by atoms with Gasteiger partial charge in [0.05, 0.1) is 11.9 Å². The molecule has 1 atom stereocenters. The molecule has 1 N–H and O–H groups in total. The first kappa shape index (κ1) is 11.5. The Hall–Kier alpha value is -1.94. The molecule has 0 saturated carbocycles. The Labute approximate surface area is 101 Å². The fraction of sp³-hybridized carbons (Fsp3) is 0.231. The molecular weight excluding hydrogens is 214 g/mol. The third-order valence-corrected chi connectivity index (χ3v) is 2.59. The van der Waals surface area contributed by atoms with Gasteiger partial charge >= 0.3 is 0 Å². The topological polar surface area (TPSA) is 49.2 Å². The van der Waals surface area contributed by atoms with Gasteiger partial charge in [-0.05, 0) is 17.7 Å². The van der Waals surface area contributed by atoms with E-state index in [9.17, 15) is 5.11 Å². The van der Waals surface area contributed by atoms with Crippen molar-refractivity contribution in [3.05, 3.63) is 54.1 Å². The zero-order valence-corrected chi connectivity index (χ0v) is 9.91. The van der Waals surface area contributed by atoms with E-state index in [2.05, 4.69) is 9.97 Å². The number of hydrogen-bond donors (Lipinski definition) is 1. The van der Waals surface area contributed by atoms with Crippen molar-refractivity contribution in [1.82, 2.24) is 9.97 Å². The summed E-state index contributed by atoms with van der Waals surface area (Å²) in [6.07, 6.45) is 4.02. The monoisotopic (exact) mass is 229 g/mol. The van der Waals surface area contributed by atoms with Crippen molar-refractivity contribution in [2.24, 2.45) is 0 Å². The number of aliphatic hydroxyl groups is 1. The Kier molecular flexibility index (Phi) is 3.35. The Balaban J connectivity index is 2.23. The van der Waals surface area contributed by atoms with Crippen LogP contribution in [0.25, 0.3) is 0 Å². The molecule has 4 heteroatoms. The third-order valence-electron chi connectivity index (χ3n) is 2.59. The number of hydrogen-bond acceptors (Lipinski definition) is 4. The second-order valence-corrected chi connectivity index (χ2v) is 4.02. The minimum atomic E-state index is -0.722. The lowest BCUT2D eigenvalue weighted by Crippen LogP contribution is -2.09. The van der Waals surface area contributed by atoms with Gasteiger partial charge in [-0.1, -0.05) is 12.1 Å². The van der Waals surface area contributed by atoms with Gasteiger partial charge in [-0.15, -0.1) is 0 Å². The number of nitrogens with zero attached hydrogens (tertiary/aromatic N) is 3. The normalized spacial score (nSPS) is 12.2. The maximum Gasteiger partial charge on any atom is 0.123 e. The quantitative estimate of drug-likeness (QED) is 0.869. The number of aliphatic hydroxyl groups excluding tert-OH is 1. The second-order valence-electron chi connectivity index (χ2n) is 4.02. The molecule has 2 aromatic rings. The first-order chi connectivity index (χ1) is 8.18. The predicted molar refractivity (Wildman–Crippen MR) is 66.9 cm³/mol. The highest BCUT2D eigenvalue weighted by atomic mass is 16.3. The molecular formula is C13H15N3O. The molecule has 0 amide bonds. The Morgan fingerprint density at radius 3 is 2.35 bits per heavy atom. The van der Waals surface area contributed by atoms with Gasteiger partial charge in [-0.25, -0.2) is 0 Å². The van der Waals surface area contributed by atoms with Crippen LogP contribution in [0.2, 0.25) is 0 Å². The van der Waals surface area contributed by atoms with E-state index in [-0.39, 0.29) is 0 Å². The molecule has 0 bridgehead atoms. The maximum absolute atomic E-state index is 10.1. The van der Waals surface area contributed by atoms with Crippen molar-refractivity contribution < 1.29 is 5.11 Å². The van der Waals surface area contributed by atoms with E-state index in [4.69, 9.17) is 0 Å². The first-order valence-corrected chi connectivity index (χ1v) is 5.40. The average molecular weight is 229 g/mol. The smallest absolute Gasteiger partial charge is 0.123 e. The van der Waals surface area contributed by atoms with Crippen LogP contribution in [0.15, 0.2) is 42.9 Å². The molecule has 0 unspecified atom stereocenters. The van der Waals surface area contributed by atoms with Crippen LogP contribution in [0.5, 0.6) is 0 Å². The third kappa shape index (κ3) is 2.60. The number of benzene rings is 1. The largest absolute Gasteiger partial charge is 0.382 e. The minimum Gasteiger partial charge on any atom is -0.382 e. The Morgan fingerprint density at radius 1 is 1.12 bits per heavy atom. The Bertz CT molecular complexity index is 468. The lowest BCUT2D eigenvalue weighted by molar-refractivity contribution is 0.215. The molecule has 1 heterocycles. The molecule has 0 aliphatic carbocycles. The van der Waals surface area contributed by atoms with E-state index in [1.165, 1.54) is 0 Å². The van der Waals surface area contributed by atoms with Gasteiger partial charge < -0.3 is 10.0 Å². The molecule has 2 rings (SSSR count). The summed E-state index contributed by atoms with van der Waals surface area (Å²) in [7, 11) is 3.96. The fourth-order valence-electron chi connectivity index (χ4n) is 1.58. The standard InChI is InChI=1S/C13H15N3O/c1-16(2)11-5-3-10(4-6-11)13(17)12-9-14-7-8-15-12/h3-9,13,17H,1-2H3/t13-/m0/s1. The highest BCUT2D eigenvalue weighted by molar-refractivity contribution is 5.46. The fourth-order valence-corrected chi connectivity index (χ4v) is 1.58. The van der Waals surface area contributed by atoms with Crippen LogP contribution in [0.3, 0.4) is 0 Å².